The molecule has 0 aliphatic carbocycles. The summed E-state index contributed by atoms with van der Waals surface area (Å²) < 4.78 is 10.4. The van der Waals surface area contributed by atoms with Gasteiger partial charge in [0.2, 0.25) is 0 Å². The van der Waals surface area contributed by atoms with Gasteiger partial charge in [0.1, 0.15) is 0 Å². The van der Waals surface area contributed by atoms with Crippen molar-refractivity contribution in [1.29, 1.82) is 0 Å². The van der Waals surface area contributed by atoms with E-state index in [4.69, 9.17) is 14.5 Å². The van der Waals surface area contributed by atoms with Crippen molar-refractivity contribution in [2.45, 2.75) is 109 Å². The van der Waals surface area contributed by atoms with Crippen molar-refractivity contribution in [3.05, 3.63) is 0 Å². The number of unbranched alkanes of at least 4 members (excludes halogenated alkanes) is 9. The lowest BCUT2D eigenvalue weighted by molar-refractivity contribution is -0.298. The van der Waals surface area contributed by atoms with Crippen LogP contribution in [0, 0.1) is 0 Å². The Bertz CT molecular complexity index is 308. The van der Waals surface area contributed by atoms with E-state index in [1.54, 1.807) is 0 Å². The molecule has 1 fully saturated rings. The minimum Gasteiger partial charge on any atom is -0.469 e. The van der Waals surface area contributed by atoms with E-state index in [1.807, 2.05) is 0 Å². The highest BCUT2D eigenvalue weighted by Gasteiger charge is 2.26. The number of methoxy groups -OCH3 is 1. The van der Waals surface area contributed by atoms with Crippen molar-refractivity contribution in [3.8, 4) is 0 Å². The maximum absolute atomic E-state index is 11.0. The monoisotopic (exact) mass is 344 g/mol. The van der Waals surface area contributed by atoms with Gasteiger partial charge < -0.3 is 9.47 Å². The third-order valence-electron chi connectivity index (χ3n) is 4.42. The minimum atomic E-state index is -0.204. The quantitative estimate of drug-likeness (QED) is 0.230. The van der Waals surface area contributed by atoms with Gasteiger partial charge in [0.15, 0.2) is 12.6 Å². The summed E-state index contributed by atoms with van der Waals surface area (Å²) >= 11 is 0. The molecule has 0 aromatic carbocycles. The maximum atomic E-state index is 11.0. The van der Waals surface area contributed by atoms with Crippen LogP contribution in [-0.4, -0.2) is 25.7 Å². The molecule has 1 aliphatic rings. The Morgan fingerprint density at radius 1 is 0.792 bits per heavy atom. The first-order chi connectivity index (χ1) is 11.8. The van der Waals surface area contributed by atoms with Gasteiger partial charge in [-0.2, -0.15) is 0 Å². The molecule has 1 aliphatic heterocycles. The van der Waals surface area contributed by atoms with Crippen LogP contribution in [0.15, 0.2) is 0 Å². The van der Waals surface area contributed by atoms with Crippen molar-refractivity contribution < 1.29 is 24.0 Å². The van der Waals surface area contributed by atoms with Crippen molar-refractivity contribution in [2.24, 2.45) is 0 Å². The predicted molar refractivity (Wildman–Crippen MR) is 93.2 cm³/mol. The first-order valence-corrected chi connectivity index (χ1v) is 9.80. The molecular formula is C19H36O5. The Morgan fingerprint density at radius 2 is 1.29 bits per heavy atom. The Labute approximate surface area is 147 Å². The third-order valence-corrected chi connectivity index (χ3v) is 4.42. The topological polar surface area (TPSA) is 54.0 Å². The fraction of sp³-hybridized carbons (Fsp3) is 0.947. The Hall–Kier alpha value is -0.650. The standard InChI is InChI=1S/C19H36O5/c1-3-4-5-6-9-12-15-18-22-19(24-23-18)16-13-10-7-8-11-14-17(20)21-2/h18-19H,3-16H2,1-2H3. The molecule has 0 N–H and O–H groups in total. The number of hydrogen-bond acceptors (Lipinski definition) is 5. The van der Waals surface area contributed by atoms with E-state index in [2.05, 4.69) is 11.7 Å². The van der Waals surface area contributed by atoms with Gasteiger partial charge in [-0.3, -0.25) is 4.79 Å². The molecule has 2 atom stereocenters. The van der Waals surface area contributed by atoms with Crippen LogP contribution in [-0.2, 0) is 24.0 Å². The second kappa shape index (κ2) is 14.7. The SMILES string of the molecule is CCCCCCCCC1OOC(CCCCCCCC(=O)OC)O1. The molecule has 0 saturated carbocycles. The summed E-state index contributed by atoms with van der Waals surface area (Å²) in [5.41, 5.74) is 0. The zero-order valence-electron chi connectivity index (χ0n) is 15.6. The molecule has 2 unspecified atom stereocenters. The first-order valence-electron chi connectivity index (χ1n) is 9.80. The Kier molecular flexibility index (Phi) is 13.1. The Balaban J connectivity index is 1.87. The van der Waals surface area contributed by atoms with E-state index in [1.165, 1.54) is 39.2 Å². The van der Waals surface area contributed by atoms with Crippen LogP contribution in [0.3, 0.4) is 0 Å². The van der Waals surface area contributed by atoms with Gasteiger partial charge in [0, 0.05) is 19.3 Å². The lowest BCUT2D eigenvalue weighted by Gasteiger charge is -2.08. The number of ether oxygens (including phenoxy) is 2. The second-order valence-electron chi connectivity index (χ2n) is 6.63. The van der Waals surface area contributed by atoms with Gasteiger partial charge in [-0.25, -0.2) is 9.78 Å². The van der Waals surface area contributed by atoms with E-state index >= 15 is 0 Å². The van der Waals surface area contributed by atoms with Crippen LogP contribution >= 0.6 is 0 Å². The highest BCUT2D eigenvalue weighted by molar-refractivity contribution is 5.68. The third kappa shape index (κ3) is 11.0. The summed E-state index contributed by atoms with van der Waals surface area (Å²) in [7, 11) is 1.44. The van der Waals surface area contributed by atoms with Gasteiger partial charge in [-0.15, -0.1) is 0 Å². The van der Waals surface area contributed by atoms with Crippen LogP contribution in [0.1, 0.15) is 96.8 Å². The Morgan fingerprint density at radius 3 is 1.83 bits per heavy atom. The zero-order valence-corrected chi connectivity index (χ0v) is 15.6. The predicted octanol–water partition coefficient (Wildman–Crippen LogP) is 5.27. The van der Waals surface area contributed by atoms with Crippen LogP contribution in [0.2, 0.25) is 0 Å². The summed E-state index contributed by atoms with van der Waals surface area (Å²) in [6, 6.07) is 0. The number of carbonyl (C=O) groups is 1. The molecule has 1 rings (SSSR count). The summed E-state index contributed by atoms with van der Waals surface area (Å²) in [5, 5.41) is 0. The maximum Gasteiger partial charge on any atom is 0.305 e. The number of esters is 1. The van der Waals surface area contributed by atoms with Crippen LogP contribution in [0.4, 0.5) is 0 Å². The molecule has 0 aromatic heterocycles. The minimum absolute atomic E-state index is 0.115. The van der Waals surface area contributed by atoms with Gasteiger partial charge in [-0.05, 0) is 19.3 Å². The molecule has 0 bridgehead atoms. The van der Waals surface area contributed by atoms with E-state index in [9.17, 15) is 4.79 Å². The molecular weight excluding hydrogens is 308 g/mol. The van der Waals surface area contributed by atoms with Gasteiger partial charge in [0.25, 0.3) is 0 Å². The van der Waals surface area contributed by atoms with Crippen LogP contribution in [0.25, 0.3) is 0 Å². The van der Waals surface area contributed by atoms with Crippen LogP contribution in [0.5, 0.6) is 0 Å². The summed E-state index contributed by atoms with van der Waals surface area (Å²) in [6.07, 6.45) is 14.9. The fourth-order valence-corrected chi connectivity index (χ4v) is 2.87. The lowest BCUT2D eigenvalue weighted by Crippen LogP contribution is -2.11. The molecule has 0 amide bonds. The van der Waals surface area contributed by atoms with Crippen molar-refractivity contribution in [3.63, 3.8) is 0 Å². The zero-order chi connectivity index (χ0) is 17.5. The normalized spacial score (nSPS) is 20.4. The van der Waals surface area contributed by atoms with Crippen molar-refractivity contribution >= 4 is 5.97 Å². The van der Waals surface area contributed by atoms with Gasteiger partial charge in [-0.1, -0.05) is 58.3 Å². The van der Waals surface area contributed by atoms with Crippen molar-refractivity contribution in [2.75, 3.05) is 7.11 Å². The average Bonchev–Trinajstić information content (AvgIpc) is 3.04. The summed E-state index contributed by atoms with van der Waals surface area (Å²) in [6.45, 7) is 2.24. The van der Waals surface area contributed by atoms with Gasteiger partial charge in [0.05, 0.1) is 7.11 Å². The summed E-state index contributed by atoms with van der Waals surface area (Å²) in [5.74, 6) is -0.115. The molecule has 142 valence electrons. The van der Waals surface area contributed by atoms with E-state index < -0.39 is 0 Å². The van der Waals surface area contributed by atoms with Crippen molar-refractivity contribution in [1.82, 2.24) is 0 Å². The number of hydrogen-bond donors (Lipinski definition) is 0. The van der Waals surface area contributed by atoms with E-state index in [-0.39, 0.29) is 18.5 Å². The fourth-order valence-electron chi connectivity index (χ4n) is 2.87. The smallest absolute Gasteiger partial charge is 0.305 e. The summed E-state index contributed by atoms with van der Waals surface area (Å²) in [4.78, 5) is 21.5. The highest BCUT2D eigenvalue weighted by Crippen LogP contribution is 2.23. The van der Waals surface area contributed by atoms with Crippen LogP contribution < -0.4 is 0 Å². The molecule has 1 saturated heterocycles. The molecule has 24 heavy (non-hydrogen) atoms. The first kappa shape index (κ1) is 21.4. The lowest BCUT2D eigenvalue weighted by atomic mass is 10.1. The molecule has 5 nitrogen and oxygen atoms in total. The molecule has 0 spiro atoms. The second-order valence-corrected chi connectivity index (χ2v) is 6.63. The highest BCUT2D eigenvalue weighted by atomic mass is 17.3. The molecule has 0 radical (unpaired) electrons. The molecule has 0 aromatic rings. The molecule has 1 heterocycles. The molecule has 5 heteroatoms. The average molecular weight is 344 g/mol. The largest absolute Gasteiger partial charge is 0.469 e. The van der Waals surface area contributed by atoms with E-state index in [0.717, 1.165) is 51.4 Å². The number of rotatable bonds is 15. The number of carbonyl (C=O) groups excluding carboxylic acids is 1. The van der Waals surface area contributed by atoms with Gasteiger partial charge >= 0.3 is 5.97 Å². The van der Waals surface area contributed by atoms with E-state index in [0.29, 0.717) is 6.42 Å².